The molecular weight excluding hydrogens is 214 g/mol. The monoisotopic (exact) mass is 225 g/mol. The first kappa shape index (κ1) is 12.1. The van der Waals surface area contributed by atoms with Crippen LogP contribution >= 0.6 is 0 Å². The van der Waals surface area contributed by atoms with Crippen LogP contribution in [0.3, 0.4) is 0 Å². The summed E-state index contributed by atoms with van der Waals surface area (Å²) in [6.07, 6.45) is -0.838. The van der Waals surface area contributed by atoms with Gasteiger partial charge in [-0.05, 0) is 5.56 Å². The van der Waals surface area contributed by atoms with Gasteiger partial charge in [0.1, 0.15) is 0 Å². The van der Waals surface area contributed by atoms with Crippen molar-refractivity contribution in [3.05, 3.63) is 50.1 Å². The van der Waals surface area contributed by atoms with Crippen molar-refractivity contribution in [2.75, 3.05) is 0 Å². The van der Waals surface area contributed by atoms with Crippen molar-refractivity contribution in [1.29, 1.82) is 0 Å². The minimum atomic E-state index is -0.838. The Hall–Kier alpha value is -2.02. The van der Waals surface area contributed by atoms with Gasteiger partial charge in [-0.15, -0.1) is 0 Å². The number of nitrogens with one attached hydrogen (secondary N) is 1. The van der Waals surface area contributed by atoms with Gasteiger partial charge in [-0.2, -0.15) is 0 Å². The van der Waals surface area contributed by atoms with E-state index in [0.29, 0.717) is 6.54 Å². The highest BCUT2D eigenvalue weighted by Crippen LogP contribution is 2.11. The number of nitro groups is 2. The molecule has 86 valence electrons. The van der Waals surface area contributed by atoms with Crippen LogP contribution < -0.4 is 5.32 Å². The van der Waals surface area contributed by atoms with E-state index in [2.05, 4.69) is 5.32 Å². The van der Waals surface area contributed by atoms with Gasteiger partial charge in [-0.25, -0.2) is 0 Å². The number of hydrogen-bond acceptors (Lipinski definition) is 5. The van der Waals surface area contributed by atoms with Gasteiger partial charge >= 0.3 is 0 Å². The summed E-state index contributed by atoms with van der Waals surface area (Å²) < 4.78 is 0. The molecule has 0 saturated heterocycles. The Morgan fingerprint density at radius 3 is 2.25 bits per heavy atom. The molecule has 0 aliphatic heterocycles. The lowest BCUT2D eigenvalue weighted by Crippen LogP contribution is -2.32. The van der Waals surface area contributed by atoms with E-state index < -0.39 is 16.0 Å². The second-order valence-corrected chi connectivity index (χ2v) is 3.27. The fraction of sp³-hybridized carbons (Fsp3) is 0.333. The third-order valence-corrected chi connectivity index (χ3v) is 2.06. The molecule has 1 unspecified atom stereocenters. The maximum atomic E-state index is 10.4. The number of non-ortho nitro benzene ring substituents is 1. The smallest absolute Gasteiger partial charge is 0.263 e. The molecule has 0 aromatic heterocycles. The largest absolute Gasteiger partial charge is 0.269 e. The van der Waals surface area contributed by atoms with E-state index in [9.17, 15) is 20.2 Å². The summed E-state index contributed by atoms with van der Waals surface area (Å²) in [5.41, 5.74) is 0.769. The van der Waals surface area contributed by atoms with E-state index in [1.54, 1.807) is 12.1 Å². The molecule has 1 rings (SSSR count). The van der Waals surface area contributed by atoms with Crippen molar-refractivity contribution >= 4 is 5.69 Å². The molecule has 0 aliphatic carbocycles. The molecule has 1 aromatic carbocycles. The molecule has 0 amide bonds. The molecule has 7 heteroatoms. The third kappa shape index (κ3) is 3.28. The van der Waals surface area contributed by atoms with Crippen LogP contribution in [0.25, 0.3) is 0 Å². The molecule has 0 saturated carbocycles. The molecule has 0 aliphatic rings. The van der Waals surface area contributed by atoms with Crippen LogP contribution in [0, 0.1) is 20.2 Å². The lowest BCUT2D eigenvalue weighted by Gasteiger charge is -2.06. The van der Waals surface area contributed by atoms with E-state index in [0.717, 1.165) is 5.56 Å². The fourth-order valence-corrected chi connectivity index (χ4v) is 1.08. The van der Waals surface area contributed by atoms with E-state index >= 15 is 0 Å². The van der Waals surface area contributed by atoms with Gasteiger partial charge in [0.05, 0.1) is 4.92 Å². The molecule has 0 bridgehead atoms. The zero-order valence-corrected chi connectivity index (χ0v) is 8.62. The average Bonchev–Trinajstić information content (AvgIpc) is 2.26. The number of nitrogens with zero attached hydrogens (tertiary/aromatic N) is 2. The first-order valence-corrected chi connectivity index (χ1v) is 4.61. The summed E-state index contributed by atoms with van der Waals surface area (Å²) in [7, 11) is 0. The standard InChI is InChI=1S/C9H11N3O4/c1-7(11(13)14)10-6-8-2-4-9(5-3-8)12(15)16/h2-5,7,10H,6H2,1H3. The van der Waals surface area contributed by atoms with Crippen molar-refractivity contribution in [2.24, 2.45) is 0 Å². The summed E-state index contributed by atoms with van der Waals surface area (Å²) in [6, 6.07) is 5.87. The molecule has 0 heterocycles. The lowest BCUT2D eigenvalue weighted by atomic mass is 10.2. The second kappa shape index (κ2) is 5.17. The van der Waals surface area contributed by atoms with E-state index in [1.165, 1.54) is 19.1 Å². The summed E-state index contributed by atoms with van der Waals surface area (Å²) in [6.45, 7) is 1.74. The Kier molecular flexibility index (Phi) is 3.90. The van der Waals surface area contributed by atoms with Gasteiger partial charge < -0.3 is 0 Å². The minimum Gasteiger partial charge on any atom is -0.263 e. The van der Waals surface area contributed by atoms with Gasteiger partial charge in [0.15, 0.2) is 0 Å². The van der Waals surface area contributed by atoms with Crippen LogP contribution in [0.4, 0.5) is 5.69 Å². The topological polar surface area (TPSA) is 98.3 Å². The van der Waals surface area contributed by atoms with Crippen LogP contribution in [0.15, 0.2) is 24.3 Å². The minimum absolute atomic E-state index is 0.00562. The molecule has 0 fully saturated rings. The van der Waals surface area contributed by atoms with Crippen molar-refractivity contribution in [3.8, 4) is 0 Å². The molecule has 0 spiro atoms. The van der Waals surface area contributed by atoms with Gasteiger partial charge in [0, 0.05) is 30.5 Å². The van der Waals surface area contributed by atoms with Crippen LogP contribution in [0.1, 0.15) is 12.5 Å². The number of hydrogen-bond donors (Lipinski definition) is 1. The fourth-order valence-electron chi connectivity index (χ4n) is 1.08. The van der Waals surface area contributed by atoms with Gasteiger partial charge in [-0.1, -0.05) is 12.1 Å². The van der Waals surface area contributed by atoms with Crippen LogP contribution in [0.2, 0.25) is 0 Å². The highest BCUT2D eigenvalue weighted by atomic mass is 16.6. The second-order valence-electron chi connectivity index (χ2n) is 3.27. The predicted octanol–water partition coefficient (Wildman–Crippen LogP) is 1.31. The SMILES string of the molecule is CC(NCc1ccc([N+](=O)[O-])cc1)[N+](=O)[O-]. The Balaban J connectivity index is 2.56. The Labute approximate surface area is 91.4 Å². The van der Waals surface area contributed by atoms with Crippen molar-refractivity contribution in [2.45, 2.75) is 19.6 Å². The highest BCUT2D eigenvalue weighted by molar-refractivity contribution is 5.32. The lowest BCUT2D eigenvalue weighted by molar-refractivity contribution is -0.525. The molecule has 7 nitrogen and oxygen atoms in total. The Morgan fingerprint density at radius 1 is 1.25 bits per heavy atom. The molecular formula is C9H11N3O4. The summed E-state index contributed by atoms with van der Waals surface area (Å²) in [5, 5.41) is 23.4. The zero-order valence-electron chi connectivity index (χ0n) is 8.62. The predicted molar refractivity (Wildman–Crippen MR) is 56.4 cm³/mol. The average molecular weight is 225 g/mol. The number of nitro benzene ring substituents is 1. The molecule has 1 N–H and O–H groups in total. The highest BCUT2D eigenvalue weighted by Gasteiger charge is 2.11. The van der Waals surface area contributed by atoms with Gasteiger partial charge in [-0.3, -0.25) is 25.5 Å². The van der Waals surface area contributed by atoms with Crippen LogP contribution in [-0.4, -0.2) is 16.0 Å². The van der Waals surface area contributed by atoms with Gasteiger partial charge in [0.25, 0.3) is 11.9 Å². The molecule has 0 radical (unpaired) electrons. The van der Waals surface area contributed by atoms with Gasteiger partial charge in [0.2, 0.25) is 0 Å². The molecule has 1 atom stereocenters. The summed E-state index contributed by atoms with van der Waals surface area (Å²) in [4.78, 5) is 19.8. The van der Waals surface area contributed by atoms with Crippen LogP contribution in [-0.2, 0) is 6.54 Å². The maximum Gasteiger partial charge on any atom is 0.269 e. The Morgan fingerprint density at radius 2 is 1.81 bits per heavy atom. The normalized spacial score (nSPS) is 12.1. The first-order valence-electron chi connectivity index (χ1n) is 4.61. The van der Waals surface area contributed by atoms with E-state index in [1.807, 2.05) is 0 Å². The third-order valence-electron chi connectivity index (χ3n) is 2.06. The molecule has 1 aromatic rings. The number of rotatable bonds is 5. The van der Waals surface area contributed by atoms with Crippen LogP contribution in [0.5, 0.6) is 0 Å². The van der Waals surface area contributed by atoms with E-state index in [4.69, 9.17) is 0 Å². The zero-order chi connectivity index (χ0) is 12.1. The number of benzene rings is 1. The molecule has 16 heavy (non-hydrogen) atoms. The van der Waals surface area contributed by atoms with Crippen molar-refractivity contribution < 1.29 is 9.85 Å². The van der Waals surface area contributed by atoms with E-state index in [-0.39, 0.29) is 5.69 Å². The van der Waals surface area contributed by atoms with Crippen molar-refractivity contribution in [3.63, 3.8) is 0 Å². The Bertz CT molecular complexity index is 390. The quantitative estimate of drug-likeness (QED) is 0.462. The summed E-state index contributed by atoms with van der Waals surface area (Å²) >= 11 is 0. The van der Waals surface area contributed by atoms with Crippen molar-refractivity contribution in [1.82, 2.24) is 5.32 Å². The maximum absolute atomic E-state index is 10.4. The first-order chi connectivity index (χ1) is 7.50. The summed E-state index contributed by atoms with van der Waals surface area (Å²) in [5.74, 6) is 0.